The molecule has 152 valence electrons. The molecule has 0 spiro atoms. The van der Waals surface area contributed by atoms with Gasteiger partial charge < -0.3 is 25.7 Å². The van der Waals surface area contributed by atoms with E-state index in [1.165, 1.54) is 24.3 Å². The summed E-state index contributed by atoms with van der Waals surface area (Å²) in [7, 11) is 0. The van der Waals surface area contributed by atoms with Crippen LogP contribution in [0.4, 0.5) is 0 Å². The van der Waals surface area contributed by atoms with Gasteiger partial charge in [0.2, 0.25) is 0 Å². The maximum absolute atomic E-state index is 12.7. The van der Waals surface area contributed by atoms with Gasteiger partial charge in [-0.1, -0.05) is 38.1 Å². The molecule has 1 amide bonds. The predicted octanol–water partition coefficient (Wildman–Crippen LogP) is 1.91. The number of phenols is 1. The van der Waals surface area contributed by atoms with E-state index in [0.29, 0.717) is 18.4 Å². The Balaban J connectivity index is 2.14. The SMILES string of the molecule is CC(CC=CCO)CC(C)C(O)=C1C(=O)NC(C(O)c2ccc(O)cc2)C1=O. The van der Waals surface area contributed by atoms with Crippen molar-refractivity contribution in [3.8, 4) is 5.75 Å². The highest BCUT2D eigenvalue weighted by Gasteiger charge is 2.43. The summed E-state index contributed by atoms with van der Waals surface area (Å²) in [6.45, 7) is 3.68. The molecule has 0 bridgehead atoms. The maximum atomic E-state index is 12.7. The molecule has 0 radical (unpaired) electrons. The zero-order valence-corrected chi connectivity index (χ0v) is 16.0. The average Bonchev–Trinajstić information content (AvgIpc) is 2.95. The maximum Gasteiger partial charge on any atom is 0.259 e. The van der Waals surface area contributed by atoms with E-state index in [0.717, 1.165) is 0 Å². The molecule has 1 heterocycles. The molecule has 1 aromatic rings. The molecule has 2 rings (SSSR count). The number of allylic oxidation sites excluding steroid dienone is 2. The average molecular weight is 389 g/mol. The molecule has 0 saturated carbocycles. The number of rotatable bonds is 8. The van der Waals surface area contributed by atoms with Crippen molar-refractivity contribution in [3.05, 3.63) is 53.3 Å². The van der Waals surface area contributed by atoms with Crippen molar-refractivity contribution < 1.29 is 30.0 Å². The van der Waals surface area contributed by atoms with Gasteiger partial charge in [-0.15, -0.1) is 0 Å². The zero-order valence-electron chi connectivity index (χ0n) is 16.0. The molecular formula is C21H27NO6. The summed E-state index contributed by atoms with van der Waals surface area (Å²) in [5.74, 6) is -1.84. The fourth-order valence-electron chi connectivity index (χ4n) is 3.34. The Kier molecular flexibility index (Phi) is 7.37. The van der Waals surface area contributed by atoms with Crippen LogP contribution in [0.15, 0.2) is 47.7 Å². The van der Waals surface area contributed by atoms with Gasteiger partial charge in [0.1, 0.15) is 29.2 Å². The van der Waals surface area contributed by atoms with E-state index in [2.05, 4.69) is 5.32 Å². The van der Waals surface area contributed by atoms with Crippen molar-refractivity contribution in [1.82, 2.24) is 5.32 Å². The molecule has 0 aliphatic carbocycles. The minimum atomic E-state index is -1.29. The fraction of sp³-hybridized carbons (Fsp3) is 0.429. The lowest BCUT2D eigenvalue weighted by Gasteiger charge is -2.17. The molecule has 1 aliphatic heterocycles. The van der Waals surface area contributed by atoms with Crippen LogP contribution < -0.4 is 5.32 Å². The molecule has 7 heteroatoms. The number of benzene rings is 1. The lowest BCUT2D eigenvalue weighted by Crippen LogP contribution is -2.35. The fourth-order valence-corrected chi connectivity index (χ4v) is 3.34. The third-order valence-electron chi connectivity index (χ3n) is 4.88. The van der Waals surface area contributed by atoms with E-state index in [4.69, 9.17) is 5.11 Å². The number of aromatic hydroxyl groups is 1. The van der Waals surface area contributed by atoms with Crippen molar-refractivity contribution in [1.29, 1.82) is 0 Å². The zero-order chi connectivity index (χ0) is 20.8. The number of carbonyl (C=O) groups excluding carboxylic acids is 2. The number of nitrogens with one attached hydrogen (secondary N) is 1. The second kappa shape index (κ2) is 9.52. The molecule has 1 aromatic carbocycles. The molecule has 4 atom stereocenters. The minimum Gasteiger partial charge on any atom is -0.511 e. The Morgan fingerprint density at radius 2 is 1.82 bits per heavy atom. The Hall–Kier alpha value is -2.64. The van der Waals surface area contributed by atoms with Gasteiger partial charge in [0, 0.05) is 5.92 Å². The molecular weight excluding hydrogens is 362 g/mol. The topological polar surface area (TPSA) is 127 Å². The molecule has 5 N–H and O–H groups in total. The summed E-state index contributed by atoms with van der Waals surface area (Å²) in [4.78, 5) is 25.0. The van der Waals surface area contributed by atoms with Crippen LogP contribution in [0.25, 0.3) is 0 Å². The lowest BCUT2D eigenvalue weighted by molar-refractivity contribution is -0.118. The first kappa shape index (κ1) is 21.7. The van der Waals surface area contributed by atoms with Crippen molar-refractivity contribution in [2.24, 2.45) is 11.8 Å². The quantitative estimate of drug-likeness (QED) is 0.200. The number of aliphatic hydroxyl groups is 3. The molecule has 28 heavy (non-hydrogen) atoms. The summed E-state index contributed by atoms with van der Waals surface area (Å²) >= 11 is 0. The number of ketones is 1. The lowest BCUT2D eigenvalue weighted by atomic mass is 9.90. The Labute approximate surface area is 164 Å². The first-order chi connectivity index (χ1) is 13.3. The van der Waals surface area contributed by atoms with Crippen LogP contribution in [0.3, 0.4) is 0 Å². The van der Waals surface area contributed by atoms with E-state index in [1.807, 2.05) is 13.0 Å². The first-order valence-electron chi connectivity index (χ1n) is 9.27. The molecule has 0 aromatic heterocycles. The number of Topliss-reactive ketones (excluding diaryl/α,β-unsaturated/α-hetero) is 1. The van der Waals surface area contributed by atoms with Crippen molar-refractivity contribution in [3.63, 3.8) is 0 Å². The number of phenolic OH excluding ortho intramolecular Hbond substituents is 1. The van der Waals surface area contributed by atoms with Crippen LogP contribution in [0.1, 0.15) is 38.4 Å². The highest BCUT2D eigenvalue weighted by molar-refractivity contribution is 6.27. The Morgan fingerprint density at radius 3 is 2.43 bits per heavy atom. The Morgan fingerprint density at radius 1 is 1.18 bits per heavy atom. The molecule has 1 saturated heterocycles. The van der Waals surface area contributed by atoms with Crippen molar-refractivity contribution in [2.45, 2.75) is 38.8 Å². The van der Waals surface area contributed by atoms with Crippen LogP contribution in [-0.2, 0) is 9.59 Å². The molecule has 1 fully saturated rings. The van der Waals surface area contributed by atoms with Gasteiger partial charge in [-0.25, -0.2) is 0 Å². The largest absolute Gasteiger partial charge is 0.511 e. The van der Waals surface area contributed by atoms with Crippen molar-refractivity contribution >= 4 is 11.7 Å². The summed E-state index contributed by atoms with van der Waals surface area (Å²) in [5, 5.41) is 41.5. The van der Waals surface area contributed by atoms with Gasteiger partial charge in [-0.3, -0.25) is 9.59 Å². The van der Waals surface area contributed by atoms with E-state index in [-0.39, 0.29) is 29.6 Å². The third-order valence-corrected chi connectivity index (χ3v) is 4.88. The highest BCUT2D eigenvalue weighted by Crippen LogP contribution is 2.29. The molecule has 7 nitrogen and oxygen atoms in total. The Bertz CT molecular complexity index is 768. The van der Waals surface area contributed by atoms with E-state index >= 15 is 0 Å². The smallest absolute Gasteiger partial charge is 0.259 e. The number of aliphatic hydroxyl groups excluding tert-OH is 3. The van der Waals surface area contributed by atoms with Gasteiger partial charge in [0.25, 0.3) is 5.91 Å². The standard InChI is InChI=1S/C21H27NO6/c1-12(5-3-4-10-23)11-13(2)18(25)16-20(27)17(22-21(16)28)19(26)14-6-8-15(24)9-7-14/h3-4,6-9,12-13,17,19,23-26H,5,10-11H2,1-2H3,(H,22,28). The predicted molar refractivity (Wildman–Crippen MR) is 103 cm³/mol. The number of hydrogen-bond donors (Lipinski definition) is 5. The van der Waals surface area contributed by atoms with Crippen LogP contribution >= 0.6 is 0 Å². The van der Waals surface area contributed by atoms with Gasteiger partial charge >= 0.3 is 0 Å². The van der Waals surface area contributed by atoms with E-state index < -0.39 is 29.8 Å². The second-order valence-corrected chi connectivity index (χ2v) is 7.24. The van der Waals surface area contributed by atoms with Crippen LogP contribution in [-0.4, -0.2) is 44.8 Å². The molecule has 4 unspecified atom stereocenters. The van der Waals surface area contributed by atoms with Gasteiger partial charge in [0.15, 0.2) is 5.78 Å². The number of carbonyl (C=O) groups is 2. The summed E-state index contributed by atoms with van der Waals surface area (Å²) < 4.78 is 0. The van der Waals surface area contributed by atoms with Crippen LogP contribution in [0.5, 0.6) is 5.75 Å². The first-order valence-corrected chi connectivity index (χ1v) is 9.27. The molecule has 1 aliphatic rings. The second-order valence-electron chi connectivity index (χ2n) is 7.24. The summed E-state index contributed by atoms with van der Waals surface area (Å²) in [5.41, 5.74) is 0.0583. The van der Waals surface area contributed by atoms with E-state index in [9.17, 15) is 24.9 Å². The summed E-state index contributed by atoms with van der Waals surface area (Å²) in [6, 6.07) is 4.49. The van der Waals surface area contributed by atoms with Gasteiger partial charge in [-0.2, -0.15) is 0 Å². The van der Waals surface area contributed by atoms with Crippen LogP contribution in [0.2, 0.25) is 0 Å². The number of hydrogen-bond acceptors (Lipinski definition) is 6. The van der Waals surface area contributed by atoms with Gasteiger partial charge in [0.05, 0.1) is 6.61 Å². The van der Waals surface area contributed by atoms with Crippen molar-refractivity contribution in [2.75, 3.05) is 6.61 Å². The third kappa shape index (κ3) is 4.99. The van der Waals surface area contributed by atoms with Crippen LogP contribution in [0, 0.1) is 11.8 Å². The minimum absolute atomic E-state index is 0.0211. The number of amides is 1. The summed E-state index contributed by atoms with van der Waals surface area (Å²) in [6.07, 6.45) is 3.45. The highest BCUT2D eigenvalue weighted by atomic mass is 16.3. The van der Waals surface area contributed by atoms with E-state index in [1.54, 1.807) is 13.0 Å². The van der Waals surface area contributed by atoms with Gasteiger partial charge in [-0.05, 0) is 36.5 Å². The monoisotopic (exact) mass is 389 g/mol. The normalized spacial score (nSPS) is 22.2.